The maximum absolute atomic E-state index is 13.4. The van der Waals surface area contributed by atoms with Crippen molar-refractivity contribution in [3.8, 4) is 0 Å². The molecule has 0 aliphatic heterocycles. The molecule has 0 atom stereocenters. The standard InChI is InChI=1S/C10H14F2N2O/c1-14(2)10-7(6-13-15-3)8(11)4-5-9(10)12/h4-5,13H,6H2,1-3H3. The van der Waals surface area contributed by atoms with Gasteiger partial charge in [0, 0.05) is 19.7 Å². The van der Waals surface area contributed by atoms with E-state index < -0.39 is 11.6 Å². The van der Waals surface area contributed by atoms with Crippen LogP contribution in [0.4, 0.5) is 14.5 Å². The summed E-state index contributed by atoms with van der Waals surface area (Å²) in [5.74, 6) is -0.904. The first-order valence-electron chi connectivity index (χ1n) is 4.48. The first kappa shape index (κ1) is 11.9. The van der Waals surface area contributed by atoms with Crippen molar-refractivity contribution in [3.63, 3.8) is 0 Å². The average molecular weight is 216 g/mol. The van der Waals surface area contributed by atoms with Crippen molar-refractivity contribution in [1.29, 1.82) is 0 Å². The van der Waals surface area contributed by atoms with E-state index in [4.69, 9.17) is 0 Å². The number of rotatable bonds is 4. The smallest absolute Gasteiger partial charge is 0.147 e. The number of anilines is 1. The van der Waals surface area contributed by atoms with Crippen LogP contribution in [0, 0.1) is 11.6 Å². The minimum atomic E-state index is -0.454. The fourth-order valence-corrected chi connectivity index (χ4v) is 1.38. The zero-order valence-corrected chi connectivity index (χ0v) is 8.97. The van der Waals surface area contributed by atoms with Crippen LogP contribution in [0.15, 0.2) is 12.1 Å². The van der Waals surface area contributed by atoms with E-state index in [9.17, 15) is 8.78 Å². The van der Waals surface area contributed by atoms with Crippen molar-refractivity contribution in [3.05, 3.63) is 29.3 Å². The normalized spacial score (nSPS) is 10.5. The summed E-state index contributed by atoms with van der Waals surface area (Å²) in [6.07, 6.45) is 0. The van der Waals surface area contributed by atoms with E-state index in [2.05, 4.69) is 10.3 Å². The summed E-state index contributed by atoms with van der Waals surface area (Å²) in [5.41, 5.74) is 2.98. The van der Waals surface area contributed by atoms with E-state index >= 15 is 0 Å². The van der Waals surface area contributed by atoms with Crippen LogP contribution in [0.3, 0.4) is 0 Å². The second-order valence-corrected chi connectivity index (χ2v) is 3.28. The Bertz CT molecular complexity index is 342. The molecule has 0 fully saturated rings. The number of halogens is 2. The Hall–Kier alpha value is -1.20. The summed E-state index contributed by atoms with van der Waals surface area (Å²) < 4.78 is 26.9. The number of hydroxylamine groups is 1. The number of benzene rings is 1. The van der Waals surface area contributed by atoms with Crippen LogP contribution in [0.1, 0.15) is 5.56 Å². The van der Waals surface area contributed by atoms with E-state index in [1.165, 1.54) is 12.0 Å². The van der Waals surface area contributed by atoms with Gasteiger partial charge in [0.25, 0.3) is 0 Å². The zero-order chi connectivity index (χ0) is 11.4. The Morgan fingerprint density at radius 1 is 1.27 bits per heavy atom. The Morgan fingerprint density at radius 3 is 2.40 bits per heavy atom. The van der Waals surface area contributed by atoms with E-state index in [-0.39, 0.29) is 17.8 Å². The molecule has 0 aromatic heterocycles. The van der Waals surface area contributed by atoms with Crippen LogP contribution in [0.2, 0.25) is 0 Å². The van der Waals surface area contributed by atoms with Gasteiger partial charge in [-0.2, -0.15) is 5.48 Å². The summed E-state index contributed by atoms with van der Waals surface area (Å²) in [6, 6.07) is 2.22. The molecule has 0 saturated heterocycles. The summed E-state index contributed by atoms with van der Waals surface area (Å²) in [5, 5.41) is 0. The Balaban J connectivity index is 3.13. The maximum Gasteiger partial charge on any atom is 0.147 e. The molecule has 84 valence electrons. The lowest BCUT2D eigenvalue weighted by molar-refractivity contribution is 0.0859. The lowest BCUT2D eigenvalue weighted by Gasteiger charge is -2.18. The molecule has 0 spiro atoms. The molecule has 0 bridgehead atoms. The minimum Gasteiger partial charge on any atom is -0.375 e. The van der Waals surface area contributed by atoms with E-state index in [1.807, 2.05) is 0 Å². The first-order valence-corrected chi connectivity index (χ1v) is 4.48. The fourth-order valence-electron chi connectivity index (χ4n) is 1.38. The third kappa shape index (κ3) is 2.64. The van der Waals surface area contributed by atoms with Crippen LogP contribution in [-0.4, -0.2) is 21.2 Å². The molecular formula is C10H14F2N2O. The molecule has 5 heteroatoms. The number of nitrogens with one attached hydrogen (secondary N) is 1. The van der Waals surface area contributed by atoms with Crippen LogP contribution < -0.4 is 10.4 Å². The third-order valence-electron chi connectivity index (χ3n) is 2.02. The van der Waals surface area contributed by atoms with Gasteiger partial charge in [0.2, 0.25) is 0 Å². The van der Waals surface area contributed by atoms with Gasteiger partial charge in [-0.05, 0) is 12.1 Å². The molecule has 3 nitrogen and oxygen atoms in total. The molecular weight excluding hydrogens is 202 g/mol. The van der Waals surface area contributed by atoms with E-state index in [1.54, 1.807) is 14.1 Å². The number of nitrogens with zero attached hydrogens (tertiary/aromatic N) is 1. The van der Waals surface area contributed by atoms with Gasteiger partial charge in [-0.1, -0.05) is 0 Å². The molecule has 0 aliphatic carbocycles. The molecule has 1 N–H and O–H groups in total. The van der Waals surface area contributed by atoms with Crippen molar-refractivity contribution in [1.82, 2.24) is 5.48 Å². The second kappa shape index (κ2) is 5.04. The SMILES string of the molecule is CONCc1c(F)ccc(F)c1N(C)C. The van der Waals surface area contributed by atoms with Gasteiger partial charge in [-0.25, -0.2) is 8.78 Å². The van der Waals surface area contributed by atoms with Crippen LogP contribution in [0.5, 0.6) is 0 Å². The largest absolute Gasteiger partial charge is 0.375 e. The van der Waals surface area contributed by atoms with Crippen molar-refractivity contribution in [2.75, 3.05) is 26.1 Å². The maximum atomic E-state index is 13.4. The van der Waals surface area contributed by atoms with Crippen LogP contribution >= 0.6 is 0 Å². The average Bonchev–Trinajstić information content (AvgIpc) is 2.18. The van der Waals surface area contributed by atoms with Gasteiger partial charge < -0.3 is 9.74 Å². The molecule has 0 aliphatic rings. The summed E-state index contributed by atoms with van der Waals surface area (Å²) in [7, 11) is 4.74. The second-order valence-electron chi connectivity index (χ2n) is 3.28. The zero-order valence-electron chi connectivity index (χ0n) is 8.97. The van der Waals surface area contributed by atoms with Gasteiger partial charge in [0.1, 0.15) is 11.6 Å². The van der Waals surface area contributed by atoms with E-state index in [0.29, 0.717) is 0 Å². The minimum absolute atomic E-state index is 0.119. The predicted molar refractivity (Wildman–Crippen MR) is 54.5 cm³/mol. The monoisotopic (exact) mass is 216 g/mol. The highest BCUT2D eigenvalue weighted by molar-refractivity contribution is 5.54. The fraction of sp³-hybridized carbons (Fsp3) is 0.400. The van der Waals surface area contributed by atoms with Crippen LogP contribution in [-0.2, 0) is 11.4 Å². The van der Waals surface area contributed by atoms with Crippen molar-refractivity contribution in [2.24, 2.45) is 0 Å². The number of hydrogen-bond acceptors (Lipinski definition) is 3. The Morgan fingerprint density at radius 2 is 1.87 bits per heavy atom. The molecule has 0 unspecified atom stereocenters. The summed E-state index contributed by atoms with van der Waals surface area (Å²) >= 11 is 0. The molecule has 1 rings (SSSR count). The lowest BCUT2D eigenvalue weighted by Crippen LogP contribution is -2.19. The Kier molecular flexibility index (Phi) is 3.99. The third-order valence-corrected chi connectivity index (χ3v) is 2.02. The van der Waals surface area contributed by atoms with E-state index in [0.717, 1.165) is 12.1 Å². The van der Waals surface area contributed by atoms with Crippen molar-refractivity contribution < 1.29 is 13.6 Å². The quantitative estimate of drug-likeness (QED) is 0.775. The Labute approximate surface area is 87.6 Å². The summed E-state index contributed by atoms with van der Waals surface area (Å²) in [6.45, 7) is 0.119. The molecule has 0 radical (unpaired) electrons. The van der Waals surface area contributed by atoms with Crippen molar-refractivity contribution >= 4 is 5.69 Å². The highest BCUT2D eigenvalue weighted by atomic mass is 19.1. The summed E-state index contributed by atoms with van der Waals surface area (Å²) in [4.78, 5) is 6.15. The molecule has 0 saturated carbocycles. The highest BCUT2D eigenvalue weighted by Gasteiger charge is 2.14. The number of hydrogen-bond donors (Lipinski definition) is 1. The predicted octanol–water partition coefficient (Wildman–Crippen LogP) is 1.68. The van der Waals surface area contributed by atoms with Crippen LogP contribution in [0.25, 0.3) is 0 Å². The molecule has 0 amide bonds. The van der Waals surface area contributed by atoms with Gasteiger partial charge in [0.15, 0.2) is 0 Å². The first-order chi connectivity index (χ1) is 7.07. The highest BCUT2D eigenvalue weighted by Crippen LogP contribution is 2.25. The molecule has 0 heterocycles. The van der Waals surface area contributed by atoms with Gasteiger partial charge in [0.05, 0.1) is 19.3 Å². The lowest BCUT2D eigenvalue weighted by atomic mass is 10.1. The molecule has 1 aromatic carbocycles. The van der Waals surface area contributed by atoms with Gasteiger partial charge >= 0.3 is 0 Å². The topological polar surface area (TPSA) is 24.5 Å². The van der Waals surface area contributed by atoms with Crippen molar-refractivity contribution in [2.45, 2.75) is 6.54 Å². The van der Waals surface area contributed by atoms with Gasteiger partial charge in [-0.15, -0.1) is 0 Å². The van der Waals surface area contributed by atoms with Gasteiger partial charge in [-0.3, -0.25) is 0 Å². The molecule has 15 heavy (non-hydrogen) atoms. The molecule has 1 aromatic rings.